The predicted molar refractivity (Wildman–Crippen MR) is 130 cm³/mol. The molecule has 7 heteroatoms. The first-order valence-corrected chi connectivity index (χ1v) is 11.2. The van der Waals surface area contributed by atoms with Crippen molar-refractivity contribution in [3.8, 4) is 22.3 Å². The zero-order valence-electron chi connectivity index (χ0n) is 15.4. The van der Waals surface area contributed by atoms with E-state index in [0.29, 0.717) is 15.6 Å². The topological polar surface area (TPSA) is 69.1 Å². The average Bonchev–Trinajstić information content (AvgIpc) is 3.27. The Labute approximate surface area is 190 Å². The predicted octanol–water partition coefficient (Wildman–Crippen LogP) is 6.00. The summed E-state index contributed by atoms with van der Waals surface area (Å²) in [5.74, 6) is 0.186. The van der Waals surface area contributed by atoms with Crippen LogP contribution >= 0.6 is 39.9 Å². The number of amidine groups is 1. The quantitative estimate of drug-likeness (QED) is 0.302. The number of aromatic nitrogens is 1. The summed E-state index contributed by atoms with van der Waals surface area (Å²) in [7, 11) is 0. The van der Waals surface area contributed by atoms with Crippen LogP contribution in [0.2, 0.25) is 0 Å². The summed E-state index contributed by atoms with van der Waals surface area (Å²) < 4.78 is 0.993. The maximum Gasteiger partial charge on any atom is 0.305 e. The minimum atomic E-state index is -0.193. The standard InChI is InChI=1S/C23H14BrN3OS2/c24-14-8-6-13(7-9-14)15-10-11-16(12-4-2-1-3-5-12)18-17(15)19(26-21(18)25)20-22(29)27-23(28)30-20/h1-11,25,29H,(H,27,28). The lowest BCUT2D eigenvalue weighted by atomic mass is 9.88. The van der Waals surface area contributed by atoms with Crippen molar-refractivity contribution in [3.05, 3.63) is 96.9 Å². The molecule has 0 spiro atoms. The van der Waals surface area contributed by atoms with Crippen LogP contribution in [-0.4, -0.2) is 16.5 Å². The molecule has 0 saturated carbocycles. The van der Waals surface area contributed by atoms with Crippen molar-refractivity contribution >= 4 is 51.4 Å². The van der Waals surface area contributed by atoms with Gasteiger partial charge >= 0.3 is 4.87 Å². The largest absolute Gasteiger partial charge is 0.307 e. The van der Waals surface area contributed by atoms with Crippen LogP contribution in [0.5, 0.6) is 0 Å². The van der Waals surface area contributed by atoms with Gasteiger partial charge in [-0.3, -0.25) is 10.2 Å². The zero-order valence-corrected chi connectivity index (χ0v) is 18.7. The Bertz CT molecular complexity index is 1390. The van der Waals surface area contributed by atoms with Crippen molar-refractivity contribution in [1.82, 2.24) is 4.98 Å². The third-order valence-electron chi connectivity index (χ3n) is 4.99. The van der Waals surface area contributed by atoms with E-state index in [4.69, 9.17) is 5.41 Å². The molecule has 3 aromatic carbocycles. The molecule has 0 fully saturated rings. The minimum Gasteiger partial charge on any atom is -0.307 e. The Balaban J connectivity index is 1.82. The molecular weight excluding hydrogens is 478 g/mol. The number of H-pyrrole nitrogens is 1. The maximum absolute atomic E-state index is 11.9. The molecule has 146 valence electrons. The highest BCUT2D eigenvalue weighted by Gasteiger charge is 2.30. The van der Waals surface area contributed by atoms with E-state index in [-0.39, 0.29) is 10.7 Å². The molecule has 1 aliphatic rings. The van der Waals surface area contributed by atoms with E-state index in [1.54, 1.807) is 0 Å². The number of aliphatic imine (C=N–C) groups is 1. The van der Waals surface area contributed by atoms with E-state index < -0.39 is 0 Å². The molecule has 0 aliphatic carbocycles. The smallest absolute Gasteiger partial charge is 0.305 e. The van der Waals surface area contributed by atoms with E-state index in [1.165, 1.54) is 0 Å². The lowest BCUT2D eigenvalue weighted by molar-refractivity contribution is 1.16. The van der Waals surface area contributed by atoms with Crippen molar-refractivity contribution in [3.63, 3.8) is 0 Å². The third kappa shape index (κ3) is 3.19. The first-order valence-electron chi connectivity index (χ1n) is 9.11. The van der Waals surface area contributed by atoms with Gasteiger partial charge in [-0.1, -0.05) is 81.9 Å². The molecule has 1 aromatic heterocycles. The molecule has 0 amide bonds. The molecule has 5 rings (SSSR count). The summed E-state index contributed by atoms with van der Waals surface area (Å²) in [4.78, 5) is 19.7. The van der Waals surface area contributed by atoms with Gasteiger partial charge in [0.1, 0.15) is 0 Å². The van der Waals surface area contributed by atoms with Gasteiger partial charge in [0.15, 0.2) is 5.84 Å². The summed E-state index contributed by atoms with van der Waals surface area (Å²) in [6, 6.07) is 22.1. The van der Waals surface area contributed by atoms with E-state index in [1.807, 2.05) is 60.7 Å². The molecule has 2 heterocycles. The molecule has 0 bridgehead atoms. The van der Waals surface area contributed by atoms with Gasteiger partial charge in [0.25, 0.3) is 0 Å². The third-order valence-corrected chi connectivity index (χ3v) is 6.89. The Morgan fingerprint density at radius 3 is 2.17 bits per heavy atom. The van der Waals surface area contributed by atoms with Crippen molar-refractivity contribution in [2.24, 2.45) is 4.99 Å². The number of aromatic amines is 1. The maximum atomic E-state index is 11.9. The molecule has 4 aromatic rings. The molecule has 1 aliphatic heterocycles. The fourth-order valence-electron chi connectivity index (χ4n) is 3.69. The molecule has 0 unspecified atom stereocenters. The van der Waals surface area contributed by atoms with Crippen molar-refractivity contribution < 1.29 is 0 Å². The van der Waals surface area contributed by atoms with Gasteiger partial charge in [0.2, 0.25) is 0 Å². The van der Waals surface area contributed by atoms with E-state index >= 15 is 0 Å². The van der Waals surface area contributed by atoms with Crippen LogP contribution in [0.4, 0.5) is 0 Å². The number of fused-ring (bicyclic) bond motifs is 1. The fourth-order valence-corrected chi connectivity index (χ4v) is 5.11. The van der Waals surface area contributed by atoms with Gasteiger partial charge in [-0.05, 0) is 34.4 Å². The Morgan fingerprint density at radius 1 is 0.900 bits per heavy atom. The van der Waals surface area contributed by atoms with Crippen molar-refractivity contribution in [2.75, 3.05) is 0 Å². The first-order chi connectivity index (χ1) is 14.5. The van der Waals surface area contributed by atoms with Crippen molar-refractivity contribution in [2.45, 2.75) is 5.03 Å². The second-order valence-electron chi connectivity index (χ2n) is 6.78. The van der Waals surface area contributed by atoms with Crippen LogP contribution in [0, 0.1) is 5.41 Å². The van der Waals surface area contributed by atoms with Gasteiger partial charge in [-0.25, -0.2) is 4.99 Å². The van der Waals surface area contributed by atoms with Gasteiger partial charge in [-0.2, -0.15) is 0 Å². The summed E-state index contributed by atoms with van der Waals surface area (Å²) in [6.45, 7) is 0. The number of thiol groups is 1. The Hall–Kier alpha value is -2.74. The highest BCUT2D eigenvalue weighted by molar-refractivity contribution is 9.10. The highest BCUT2D eigenvalue weighted by atomic mass is 79.9. The number of benzene rings is 3. The van der Waals surface area contributed by atoms with E-state index in [0.717, 1.165) is 49.2 Å². The Kier molecular flexibility index (Phi) is 4.81. The highest BCUT2D eigenvalue weighted by Crippen LogP contribution is 2.40. The summed E-state index contributed by atoms with van der Waals surface area (Å²) in [5, 5.41) is 9.14. The van der Waals surface area contributed by atoms with Gasteiger partial charge in [0, 0.05) is 15.6 Å². The molecule has 30 heavy (non-hydrogen) atoms. The van der Waals surface area contributed by atoms with Crippen LogP contribution in [0.1, 0.15) is 16.0 Å². The number of nitrogens with one attached hydrogen (secondary N) is 2. The van der Waals surface area contributed by atoms with E-state index in [9.17, 15) is 4.79 Å². The SMILES string of the molecule is N=C1N=C(c2sc(=O)[nH]c2S)c2c(-c3ccc(Br)cc3)ccc(-c3ccccc3)c21. The number of thiazole rings is 1. The van der Waals surface area contributed by atoms with Crippen molar-refractivity contribution in [1.29, 1.82) is 5.41 Å². The lowest BCUT2D eigenvalue weighted by Gasteiger charge is -2.15. The van der Waals surface area contributed by atoms with Crippen LogP contribution < -0.4 is 4.87 Å². The number of halogens is 1. The molecular formula is C23H14BrN3OS2. The normalized spacial score (nSPS) is 12.7. The number of hydrogen-bond donors (Lipinski definition) is 3. The van der Waals surface area contributed by atoms with Crippen LogP contribution in [0.25, 0.3) is 22.3 Å². The summed E-state index contributed by atoms with van der Waals surface area (Å²) in [5.41, 5.74) is 6.18. The average molecular weight is 492 g/mol. The molecule has 4 nitrogen and oxygen atoms in total. The first kappa shape index (κ1) is 19.2. The lowest BCUT2D eigenvalue weighted by Crippen LogP contribution is -2.04. The van der Waals surface area contributed by atoms with Gasteiger partial charge in [-0.15, -0.1) is 12.6 Å². The second kappa shape index (κ2) is 7.50. The van der Waals surface area contributed by atoms with Gasteiger partial charge < -0.3 is 4.98 Å². The zero-order chi connectivity index (χ0) is 20.8. The van der Waals surface area contributed by atoms with Crippen LogP contribution in [-0.2, 0) is 0 Å². The van der Waals surface area contributed by atoms with Gasteiger partial charge in [0.05, 0.1) is 15.6 Å². The van der Waals surface area contributed by atoms with Crippen LogP contribution in [0.3, 0.4) is 0 Å². The number of rotatable bonds is 3. The van der Waals surface area contributed by atoms with E-state index in [2.05, 4.69) is 44.6 Å². The second-order valence-corrected chi connectivity index (χ2v) is 9.13. The summed E-state index contributed by atoms with van der Waals surface area (Å²) >= 11 is 8.99. The fraction of sp³-hybridized carbons (Fsp3) is 0. The number of nitrogens with zero attached hydrogens (tertiary/aromatic N) is 1. The van der Waals surface area contributed by atoms with Crippen LogP contribution in [0.15, 0.2) is 86.0 Å². The Morgan fingerprint density at radius 2 is 1.53 bits per heavy atom. The summed E-state index contributed by atoms with van der Waals surface area (Å²) in [6.07, 6.45) is 0. The monoisotopic (exact) mass is 491 g/mol. The molecule has 0 radical (unpaired) electrons. The molecule has 2 N–H and O–H groups in total. The molecule has 0 atom stereocenters. The minimum absolute atomic E-state index is 0.186. The number of hydrogen-bond acceptors (Lipinski definition) is 4. The molecule has 0 saturated heterocycles.